The van der Waals surface area contributed by atoms with Gasteiger partial charge in [0.25, 0.3) is 0 Å². The van der Waals surface area contributed by atoms with Crippen LogP contribution in [0.3, 0.4) is 0 Å². The Labute approximate surface area is 215 Å². The zero-order valence-corrected chi connectivity index (χ0v) is 23.6. The molecule has 3 atom stereocenters. The zero-order chi connectivity index (χ0) is 25.9. The highest BCUT2D eigenvalue weighted by Gasteiger charge is 2.51. The van der Waals surface area contributed by atoms with Crippen LogP contribution in [-0.2, 0) is 9.59 Å². The third-order valence-corrected chi connectivity index (χ3v) is 7.77. The van der Waals surface area contributed by atoms with Crippen molar-refractivity contribution in [3.8, 4) is 0 Å². The summed E-state index contributed by atoms with van der Waals surface area (Å²) in [5.74, 6) is 0.776. The molecule has 1 unspecified atom stereocenters. The Morgan fingerprint density at radius 2 is 1.85 bits per heavy atom. The van der Waals surface area contributed by atoms with Crippen molar-refractivity contribution in [2.45, 2.75) is 79.2 Å². The van der Waals surface area contributed by atoms with Gasteiger partial charge in [0.1, 0.15) is 0 Å². The van der Waals surface area contributed by atoms with Crippen molar-refractivity contribution in [1.82, 2.24) is 10.2 Å². The monoisotopic (exact) mass is 536 g/mol. The minimum Gasteiger partial charge on any atom is -0.396 e. The molecule has 192 valence electrons. The molecule has 3 rings (SSSR count). The first-order valence-corrected chi connectivity index (χ1v) is 13.3. The number of hydrogen-bond donors (Lipinski definition) is 2. The number of allylic oxidation sites excluding steroid dienone is 6. The molecular formula is C28H45BrN2O3. The van der Waals surface area contributed by atoms with Crippen LogP contribution in [0.15, 0.2) is 46.5 Å². The highest BCUT2D eigenvalue weighted by molar-refractivity contribution is 9.12. The number of hydrogen-bond acceptors (Lipinski definition) is 3. The van der Waals surface area contributed by atoms with Crippen molar-refractivity contribution in [1.29, 1.82) is 0 Å². The van der Waals surface area contributed by atoms with E-state index in [0.717, 1.165) is 22.9 Å². The Hall–Kier alpha value is -1.66. The number of nitrogens with one attached hydrogen (secondary N) is 1. The number of aliphatic hydroxyl groups excluding tert-OH is 1. The molecule has 0 aromatic rings. The maximum absolute atomic E-state index is 12.5. The predicted molar refractivity (Wildman–Crippen MR) is 146 cm³/mol. The van der Waals surface area contributed by atoms with E-state index in [4.69, 9.17) is 5.11 Å². The van der Waals surface area contributed by atoms with Gasteiger partial charge in [-0.15, -0.1) is 0 Å². The molecule has 34 heavy (non-hydrogen) atoms. The molecule has 2 aliphatic heterocycles. The van der Waals surface area contributed by atoms with Crippen molar-refractivity contribution in [3.63, 3.8) is 0 Å². The maximum Gasteiger partial charge on any atom is 0.224 e. The first-order chi connectivity index (χ1) is 16.0. The lowest BCUT2D eigenvalue weighted by Gasteiger charge is -2.53. The van der Waals surface area contributed by atoms with Crippen molar-refractivity contribution in [2.24, 2.45) is 17.8 Å². The third-order valence-electron chi connectivity index (χ3n) is 6.88. The van der Waals surface area contributed by atoms with Crippen molar-refractivity contribution in [3.05, 3.63) is 46.5 Å². The van der Waals surface area contributed by atoms with E-state index in [0.29, 0.717) is 25.9 Å². The molecular weight excluding hydrogens is 492 g/mol. The van der Waals surface area contributed by atoms with Crippen LogP contribution >= 0.6 is 15.9 Å². The lowest BCUT2D eigenvalue weighted by atomic mass is 9.61. The second kappa shape index (κ2) is 14.7. The molecule has 2 heterocycles. The van der Waals surface area contributed by atoms with E-state index in [9.17, 15) is 9.59 Å². The second-order valence-electron chi connectivity index (χ2n) is 10.0. The van der Waals surface area contributed by atoms with Gasteiger partial charge in [-0.2, -0.15) is 0 Å². The predicted octanol–water partition coefficient (Wildman–Crippen LogP) is 5.91. The smallest absolute Gasteiger partial charge is 0.224 e. The number of halogens is 1. The van der Waals surface area contributed by atoms with Gasteiger partial charge in [0.2, 0.25) is 11.8 Å². The summed E-state index contributed by atoms with van der Waals surface area (Å²) < 4.78 is 1.16. The largest absolute Gasteiger partial charge is 0.396 e. The number of amides is 2. The normalized spacial score (nSPS) is 22.6. The molecule has 2 bridgehead atoms. The van der Waals surface area contributed by atoms with Gasteiger partial charge in [0, 0.05) is 36.5 Å². The molecule has 1 aliphatic carbocycles. The second-order valence-corrected chi connectivity index (χ2v) is 10.9. The third kappa shape index (κ3) is 9.18. The van der Waals surface area contributed by atoms with Gasteiger partial charge in [-0.1, -0.05) is 59.7 Å². The van der Waals surface area contributed by atoms with E-state index in [1.54, 1.807) is 0 Å². The Morgan fingerprint density at radius 3 is 2.35 bits per heavy atom. The number of aliphatic hydroxyl groups is 1. The van der Waals surface area contributed by atoms with Crippen LogP contribution in [0.5, 0.6) is 0 Å². The minimum atomic E-state index is -0.391. The van der Waals surface area contributed by atoms with Crippen LogP contribution in [0, 0.1) is 17.8 Å². The van der Waals surface area contributed by atoms with Gasteiger partial charge < -0.3 is 15.3 Å². The van der Waals surface area contributed by atoms with Gasteiger partial charge in [-0.25, -0.2) is 0 Å². The summed E-state index contributed by atoms with van der Waals surface area (Å²) in [6.07, 6.45) is 12.8. The van der Waals surface area contributed by atoms with Crippen LogP contribution in [0.2, 0.25) is 0 Å². The van der Waals surface area contributed by atoms with Gasteiger partial charge in [-0.05, 0) is 77.4 Å². The fraction of sp³-hybridized carbons (Fsp3) is 0.643. The number of carbonyl (C=O) groups is 2. The first kappa shape index (κ1) is 30.4. The number of piperidine rings is 2. The zero-order valence-electron chi connectivity index (χ0n) is 22.0. The van der Waals surface area contributed by atoms with Gasteiger partial charge >= 0.3 is 0 Å². The highest BCUT2D eigenvalue weighted by Crippen LogP contribution is 2.46. The number of nitrogens with zero attached hydrogens (tertiary/aromatic N) is 1. The summed E-state index contributed by atoms with van der Waals surface area (Å²) in [6, 6.07) is 0. The SMILES string of the molecule is C/C=C(C)/C(Br)=C\C=C/CCC.C=C(C)C(C)(C)NC(=O)C1[C@@H]2C[C@H]1CN(C(=O)CCCO)C2. The van der Waals surface area contributed by atoms with Crippen molar-refractivity contribution >= 4 is 27.7 Å². The lowest BCUT2D eigenvalue weighted by molar-refractivity contribution is -0.153. The molecule has 2 N–H and O–H groups in total. The Kier molecular flexibility index (Phi) is 13.1. The Morgan fingerprint density at radius 1 is 1.24 bits per heavy atom. The van der Waals surface area contributed by atoms with Crippen LogP contribution in [0.4, 0.5) is 0 Å². The highest BCUT2D eigenvalue weighted by atomic mass is 79.9. The Bertz CT molecular complexity index is 785. The van der Waals surface area contributed by atoms with Gasteiger partial charge in [-0.3, -0.25) is 9.59 Å². The lowest BCUT2D eigenvalue weighted by Crippen LogP contribution is -2.62. The van der Waals surface area contributed by atoms with Crippen LogP contribution in [-0.4, -0.2) is 47.1 Å². The van der Waals surface area contributed by atoms with E-state index >= 15 is 0 Å². The van der Waals surface area contributed by atoms with E-state index in [-0.39, 0.29) is 36.2 Å². The fourth-order valence-electron chi connectivity index (χ4n) is 4.09. The fourth-order valence-corrected chi connectivity index (χ4v) is 4.47. The summed E-state index contributed by atoms with van der Waals surface area (Å²) in [7, 11) is 0. The van der Waals surface area contributed by atoms with E-state index in [1.165, 1.54) is 12.0 Å². The molecule has 0 aromatic carbocycles. The number of fused-ring (bicyclic) bond motifs is 2. The van der Waals surface area contributed by atoms with Gasteiger partial charge in [0.05, 0.1) is 5.54 Å². The van der Waals surface area contributed by atoms with Crippen molar-refractivity contribution < 1.29 is 14.7 Å². The summed E-state index contributed by atoms with van der Waals surface area (Å²) in [4.78, 5) is 26.4. The average Bonchev–Trinajstić information content (AvgIpc) is 2.79. The molecule has 3 fully saturated rings. The minimum absolute atomic E-state index is 0.0283. The molecule has 0 spiro atoms. The molecule has 1 saturated carbocycles. The average molecular weight is 538 g/mol. The van der Waals surface area contributed by atoms with Crippen molar-refractivity contribution in [2.75, 3.05) is 19.7 Å². The molecule has 3 aliphatic rings. The Balaban J connectivity index is 0.000000411. The molecule has 2 amide bonds. The standard InChI is InChI=1S/C17H28N2O3.C11H17Br/c1-11(2)17(3,4)18-16(22)15-12-8-13(15)10-19(9-12)14(21)6-5-7-20;1-4-6-7-8-9-11(12)10(3)5-2/h12-13,15,20H,1,5-10H2,2-4H3,(H,18,22);5,7-9H,4,6H2,1-3H3/b;8-7-,10-5+,11-9+/t12-,13+,15?;. The maximum atomic E-state index is 12.5. The van der Waals surface area contributed by atoms with Crippen LogP contribution in [0.1, 0.15) is 73.6 Å². The molecule has 0 aromatic heterocycles. The van der Waals surface area contributed by atoms with E-state index < -0.39 is 5.54 Å². The van der Waals surface area contributed by atoms with E-state index in [2.05, 4.69) is 66.0 Å². The quantitative estimate of drug-likeness (QED) is 0.269. The summed E-state index contributed by atoms with van der Waals surface area (Å²) in [5.41, 5.74) is 1.82. The summed E-state index contributed by atoms with van der Waals surface area (Å²) in [5, 5.41) is 11.9. The number of rotatable bonds is 10. The van der Waals surface area contributed by atoms with E-state index in [1.807, 2.05) is 32.6 Å². The molecule has 0 radical (unpaired) electrons. The van der Waals surface area contributed by atoms with Crippen LogP contribution < -0.4 is 5.32 Å². The van der Waals surface area contributed by atoms with Gasteiger partial charge in [0.15, 0.2) is 0 Å². The van der Waals surface area contributed by atoms with Crippen LogP contribution in [0.25, 0.3) is 0 Å². The number of carbonyl (C=O) groups excluding carboxylic acids is 2. The topological polar surface area (TPSA) is 69.6 Å². The number of unbranched alkanes of at least 4 members (excludes halogenated alkanes) is 1. The molecule has 2 saturated heterocycles. The summed E-state index contributed by atoms with van der Waals surface area (Å²) >= 11 is 3.50. The molecule has 5 nitrogen and oxygen atoms in total. The first-order valence-electron chi connectivity index (χ1n) is 12.5. The molecule has 6 heteroatoms. The summed E-state index contributed by atoms with van der Waals surface area (Å²) in [6.45, 7) is 17.5.